The molecule has 3 aromatic carbocycles. The SMILES string of the molecule is COc1cc(C2NC(C(=O)O)(c3ccccc3)C3C(=O)N(c4ccccc4C)C(=O)C23)ccc1O. The number of hydrogen-bond acceptors (Lipinski definition) is 6. The molecule has 4 atom stereocenters. The molecule has 0 saturated carbocycles. The number of methoxy groups -OCH3 is 1. The number of carboxylic acids is 1. The van der Waals surface area contributed by atoms with Crippen molar-refractivity contribution in [1.82, 2.24) is 5.32 Å². The summed E-state index contributed by atoms with van der Waals surface area (Å²) < 4.78 is 5.24. The third kappa shape index (κ3) is 3.21. The van der Waals surface area contributed by atoms with E-state index in [1.54, 1.807) is 67.6 Å². The number of nitrogens with zero attached hydrogens (tertiary/aromatic N) is 1. The van der Waals surface area contributed by atoms with E-state index in [0.29, 0.717) is 16.8 Å². The van der Waals surface area contributed by atoms with E-state index < -0.39 is 41.2 Å². The van der Waals surface area contributed by atoms with Crippen LogP contribution in [0.5, 0.6) is 11.5 Å². The zero-order chi connectivity index (χ0) is 24.9. The lowest BCUT2D eigenvalue weighted by atomic mass is 9.75. The Morgan fingerprint density at radius 3 is 2.34 bits per heavy atom. The van der Waals surface area contributed by atoms with Gasteiger partial charge in [0.05, 0.1) is 24.6 Å². The number of ether oxygens (including phenoxy) is 1. The summed E-state index contributed by atoms with van der Waals surface area (Å²) in [6, 6.07) is 19.2. The summed E-state index contributed by atoms with van der Waals surface area (Å²) >= 11 is 0. The van der Waals surface area contributed by atoms with E-state index in [4.69, 9.17) is 4.74 Å². The Bertz CT molecular complexity index is 1340. The molecule has 2 fully saturated rings. The van der Waals surface area contributed by atoms with Crippen LogP contribution in [-0.4, -0.2) is 35.1 Å². The molecule has 0 aliphatic carbocycles. The fraction of sp³-hybridized carbons (Fsp3) is 0.222. The number of carbonyl (C=O) groups is 3. The molecule has 0 spiro atoms. The molecule has 0 bridgehead atoms. The van der Waals surface area contributed by atoms with Crippen LogP contribution < -0.4 is 15.0 Å². The van der Waals surface area contributed by atoms with Gasteiger partial charge in [0, 0.05) is 6.04 Å². The number of aromatic hydroxyl groups is 1. The summed E-state index contributed by atoms with van der Waals surface area (Å²) in [7, 11) is 1.40. The van der Waals surface area contributed by atoms with Gasteiger partial charge < -0.3 is 14.9 Å². The maximum Gasteiger partial charge on any atom is 0.329 e. The van der Waals surface area contributed by atoms with Crippen LogP contribution in [0.25, 0.3) is 0 Å². The van der Waals surface area contributed by atoms with Gasteiger partial charge in [0.2, 0.25) is 11.8 Å². The predicted molar refractivity (Wildman–Crippen MR) is 127 cm³/mol. The monoisotopic (exact) mass is 472 g/mol. The first-order valence-corrected chi connectivity index (χ1v) is 11.2. The minimum atomic E-state index is -1.84. The van der Waals surface area contributed by atoms with E-state index in [1.807, 2.05) is 6.07 Å². The highest BCUT2D eigenvalue weighted by molar-refractivity contribution is 6.24. The molecule has 3 aromatic rings. The molecule has 2 saturated heterocycles. The molecule has 35 heavy (non-hydrogen) atoms. The number of carboxylic acid groups (broad SMARTS) is 1. The van der Waals surface area contributed by atoms with Crippen LogP contribution >= 0.6 is 0 Å². The number of rotatable bonds is 5. The molecule has 8 nitrogen and oxygen atoms in total. The Labute approximate surface area is 201 Å². The van der Waals surface area contributed by atoms with Crippen molar-refractivity contribution in [2.45, 2.75) is 18.5 Å². The number of imide groups is 1. The fourth-order valence-corrected chi connectivity index (χ4v) is 5.42. The van der Waals surface area contributed by atoms with Crippen LogP contribution in [0.1, 0.15) is 22.7 Å². The van der Waals surface area contributed by atoms with Crippen LogP contribution in [0.4, 0.5) is 5.69 Å². The van der Waals surface area contributed by atoms with Crippen molar-refractivity contribution in [3.8, 4) is 11.5 Å². The van der Waals surface area contributed by atoms with E-state index in [2.05, 4.69) is 5.32 Å². The molecule has 2 aliphatic heterocycles. The molecule has 2 amide bonds. The zero-order valence-corrected chi connectivity index (χ0v) is 19.1. The summed E-state index contributed by atoms with van der Waals surface area (Å²) in [6.07, 6.45) is 0. The largest absolute Gasteiger partial charge is 0.504 e. The maximum atomic E-state index is 13.9. The number of fused-ring (bicyclic) bond motifs is 1. The van der Waals surface area contributed by atoms with Gasteiger partial charge in [-0.15, -0.1) is 0 Å². The van der Waals surface area contributed by atoms with Crippen molar-refractivity contribution in [3.63, 3.8) is 0 Å². The summed E-state index contributed by atoms with van der Waals surface area (Å²) in [5.74, 6) is -4.39. The number of nitrogens with one attached hydrogen (secondary N) is 1. The van der Waals surface area contributed by atoms with E-state index in [9.17, 15) is 24.6 Å². The molecule has 0 aromatic heterocycles. The highest BCUT2D eigenvalue weighted by Gasteiger charge is 2.69. The Morgan fingerprint density at radius 1 is 1.00 bits per heavy atom. The fourth-order valence-electron chi connectivity index (χ4n) is 5.42. The quantitative estimate of drug-likeness (QED) is 0.489. The lowest BCUT2D eigenvalue weighted by Crippen LogP contribution is -2.53. The Balaban J connectivity index is 1.73. The summed E-state index contributed by atoms with van der Waals surface area (Å²) in [6.45, 7) is 1.80. The average Bonchev–Trinajstić information content (AvgIpc) is 3.35. The van der Waals surface area contributed by atoms with Crippen molar-refractivity contribution in [3.05, 3.63) is 89.5 Å². The predicted octanol–water partition coefficient (Wildman–Crippen LogP) is 3.14. The third-order valence-electron chi connectivity index (χ3n) is 7.05. The van der Waals surface area contributed by atoms with Crippen molar-refractivity contribution < 1.29 is 29.3 Å². The highest BCUT2D eigenvalue weighted by Crippen LogP contribution is 2.54. The lowest BCUT2D eigenvalue weighted by molar-refractivity contribution is -0.149. The number of aryl methyl sites for hydroxylation is 1. The van der Waals surface area contributed by atoms with E-state index >= 15 is 0 Å². The zero-order valence-electron chi connectivity index (χ0n) is 19.1. The van der Waals surface area contributed by atoms with Gasteiger partial charge in [-0.05, 0) is 41.8 Å². The topological polar surface area (TPSA) is 116 Å². The van der Waals surface area contributed by atoms with Gasteiger partial charge in [-0.25, -0.2) is 9.69 Å². The first-order valence-electron chi connectivity index (χ1n) is 11.2. The van der Waals surface area contributed by atoms with Crippen LogP contribution in [0, 0.1) is 18.8 Å². The number of phenols is 1. The molecular formula is C27H24N2O6. The van der Waals surface area contributed by atoms with Crippen LogP contribution in [0.15, 0.2) is 72.8 Å². The number of hydrogen-bond donors (Lipinski definition) is 3. The first kappa shape index (κ1) is 22.6. The van der Waals surface area contributed by atoms with Gasteiger partial charge in [-0.1, -0.05) is 54.6 Å². The molecule has 8 heteroatoms. The standard InChI is InChI=1S/C27H24N2O6/c1-15-8-6-7-11-18(15)29-24(31)21-22(25(29)32)27(26(33)34,17-9-4-3-5-10-17)28-23(21)16-12-13-19(30)20(14-16)35-2/h3-14,21-23,28,30H,1-2H3,(H,33,34). The second kappa shape index (κ2) is 8.25. The highest BCUT2D eigenvalue weighted by atomic mass is 16.5. The molecule has 4 unspecified atom stereocenters. The van der Waals surface area contributed by atoms with Crippen molar-refractivity contribution >= 4 is 23.5 Å². The molecule has 3 N–H and O–H groups in total. The molecule has 0 radical (unpaired) electrons. The maximum absolute atomic E-state index is 13.9. The molecule has 2 heterocycles. The smallest absolute Gasteiger partial charge is 0.329 e. The van der Waals surface area contributed by atoms with E-state index in [1.165, 1.54) is 13.2 Å². The summed E-state index contributed by atoms with van der Waals surface area (Å²) in [4.78, 5) is 41.9. The van der Waals surface area contributed by atoms with Gasteiger partial charge in [-0.2, -0.15) is 0 Å². The Morgan fingerprint density at radius 2 is 1.69 bits per heavy atom. The minimum Gasteiger partial charge on any atom is -0.504 e. The first-order chi connectivity index (χ1) is 16.8. The van der Waals surface area contributed by atoms with Crippen LogP contribution in [0.2, 0.25) is 0 Å². The van der Waals surface area contributed by atoms with E-state index in [0.717, 1.165) is 10.5 Å². The van der Waals surface area contributed by atoms with Crippen molar-refractivity contribution in [1.29, 1.82) is 0 Å². The molecule has 2 aliphatic rings. The number of amides is 2. The Kier molecular flexibility index (Phi) is 5.33. The van der Waals surface area contributed by atoms with Gasteiger partial charge in [0.15, 0.2) is 17.0 Å². The van der Waals surface area contributed by atoms with Gasteiger partial charge in [0.1, 0.15) is 0 Å². The van der Waals surface area contributed by atoms with Crippen molar-refractivity contribution in [2.75, 3.05) is 12.0 Å². The van der Waals surface area contributed by atoms with Crippen LogP contribution in [0.3, 0.4) is 0 Å². The number of para-hydroxylation sites is 1. The summed E-state index contributed by atoms with van der Waals surface area (Å²) in [5, 5.41) is 23.8. The van der Waals surface area contributed by atoms with Crippen molar-refractivity contribution in [2.24, 2.45) is 11.8 Å². The lowest BCUT2D eigenvalue weighted by Gasteiger charge is -2.32. The van der Waals surface area contributed by atoms with E-state index in [-0.39, 0.29) is 11.5 Å². The molecule has 5 rings (SSSR count). The second-order valence-electron chi connectivity index (χ2n) is 8.83. The van der Waals surface area contributed by atoms with Gasteiger partial charge >= 0.3 is 5.97 Å². The minimum absolute atomic E-state index is 0.0892. The molecular weight excluding hydrogens is 448 g/mol. The number of aliphatic carboxylic acids is 1. The average molecular weight is 472 g/mol. The molecule has 178 valence electrons. The summed E-state index contributed by atoms with van der Waals surface area (Å²) in [5.41, 5.74) is 0.230. The van der Waals surface area contributed by atoms with Gasteiger partial charge in [0.25, 0.3) is 0 Å². The number of benzene rings is 3. The Hall–Kier alpha value is -4.17. The number of phenolic OH excluding ortho intramolecular Hbond substituents is 1. The third-order valence-corrected chi connectivity index (χ3v) is 7.05. The van der Waals surface area contributed by atoms with Crippen LogP contribution in [-0.2, 0) is 19.9 Å². The normalized spacial score (nSPS) is 25.5. The number of anilines is 1. The number of carbonyl (C=O) groups excluding carboxylic acids is 2. The second-order valence-corrected chi connectivity index (χ2v) is 8.83. The van der Waals surface area contributed by atoms with Gasteiger partial charge in [-0.3, -0.25) is 14.9 Å².